The molecule has 0 saturated carbocycles. The average Bonchev–Trinajstić information content (AvgIpc) is 2.79. The molecule has 2 amide bonds. The van der Waals surface area contributed by atoms with Gasteiger partial charge in [-0.1, -0.05) is 30.3 Å². The van der Waals surface area contributed by atoms with Crippen molar-refractivity contribution in [3.63, 3.8) is 0 Å². The number of likely N-dealkylation sites (tertiary alicyclic amines) is 1. The summed E-state index contributed by atoms with van der Waals surface area (Å²) < 4.78 is 0. The summed E-state index contributed by atoms with van der Waals surface area (Å²) >= 11 is 0. The molecule has 108 valence electrons. The number of carbonyl (C=O) groups excluding carboxylic acids is 2. The van der Waals surface area contributed by atoms with Crippen molar-refractivity contribution in [1.29, 1.82) is 0 Å². The Morgan fingerprint density at radius 2 is 2.15 bits per heavy atom. The highest BCUT2D eigenvalue weighted by atomic mass is 16.3. The summed E-state index contributed by atoms with van der Waals surface area (Å²) in [5, 5.41) is 12.2. The smallest absolute Gasteiger partial charge is 0.225 e. The maximum atomic E-state index is 12.1. The van der Waals surface area contributed by atoms with E-state index in [9.17, 15) is 14.7 Å². The van der Waals surface area contributed by atoms with Gasteiger partial charge in [0.15, 0.2) is 0 Å². The molecule has 1 aromatic carbocycles. The zero-order chi connectivity index (χ0) is 14.5. The van der Waals surface area contributed by atoms with Gasteiger partial charge in [-0.2, -0.15) is 0 Å². The van der Waals surface area contributed by atoms with Gasteiger partial charge in [0, 0.05) is 20.0 Å². The van der Waals surface area contributed by atoms with Crippen molar-refractivity contribution in [1.82, 2.24) is 10.2 Å². The topological polar surface area (TPSA) is 69.6 Å². The molecule has 2 atom stereocenters. The molecule has 1 aliphatic rings. The number of hydrogen-bond donors (Lipinski definition) is 2. The van der Waals surface area contributed by atoms with Crippen molar-refractivity contribution in [3.8, 4) is 0 Å². The fourth-order valence-corrected chi connectivity index (χ4v) is 2.42. The maximum Gasteiger partial charge on any atom is 0.225 e. The van der Waals surface area contributed by atoms with Gasteiger partial charge in [0.1, 0.15) is 0 Å². The van der Waals surface area contributed by atoms with Crippen LogP contribution in [0, 0.1) is 5.92 Å². The van der Waals surface area contributed by atoms with Gasteiger partial charge >= 0.3 is 0 Å². The predicted octanol–water partition coefficient (Wildman–Crippen LogP) is 0.185. The minimum Gasteiger partial charge on any atom is -0.394 e. The van der Waals surface area contributed by atoms with E-state index in [-0.39, 0.29) is 36.8 Å². The Bertz CT molecular complexity index is 475. The van der Waals surface area contributed by atoms with Crippen molar-refractivity contribution in [3.05, 3.63) is 35.9 Å². The van der Waals surface area contributed by atoms with Gasteiger partial charge in [0.25, 0.3) is 0 Å². The van der Waals surface area contributed by atoms with Crippen LogP contribution in [0.5, 0.6) is 0 Å². The van der Waals surface area contributed by atoms with Gasteiger partial charge < -0.3 is 15.3 Å². The standard InChI is InChI=1S/C15H20N2O3/c1-17-9-12(8-14(17)19)15(20)16-13(10-18)7-11-5-3-2-4-6-11/h2-6,12-13,18H,7-10H2,1H3,(H,16,20)/t12?,13-/m0/s1. The molecule has 5 nitrogen and oxygen atoms in total. The third-order valence-electron chi connectivity index (χ3n) is 3.60. The molecule has 1 aromatic rings. The van der Waals surface area contributed by atoms with E-state index in [1.54, 1.807) is 11.9 Å². The van der Waals surface area contributed by atoms with Gasteiger partial charge in [0.05, 0.1) is 18.6 Å². The quantitative estimate of drug-likeness (QED) is 0.806. The molecule has 1 saturated heterocycles. The molecule has 0 bridgehead atoms. The van der Waals surface area contributed by atoms with E-state index in [1.165, 1.54) is 0 Å². The number of nitrogens with zero attached hydrogens (tertiary/aromatic N) is 1. The van der Waals surface area contributed by atoms with E-state index in [0.29, 0.717) is 13.0 Å². The SMILES string of the molecule is CN1CC(C(=O)N[C@H](CO)Cc2ccccc2)CC1=O. The normalized spacial score (nSPS) is 20.0. The molecular weight excluding hydrogens is 256 g/mol. The van der Waals surface area contributed by atoms with E-state index >= 15 is 0 Å². The summed E-state index contributed by atoms with van der Waals surface area (Å²) in [6.45, 7) is 0.339. The Balaban J connectivity index is 1.90. The van der Waals surface area contributed by atoms with E-state index < -0.39 is 0 Å². The molecule has 1 aliphatic heterocycles. The van der Waals surface area contributed by atoms with Crippen LogP contribution >= 0.6 is 0 Å². The van der Waals surface area contributed by atoms with Gasteiger partial charge in [-0.3, -0.25) is 9.59 Å². The van der Waals surface area contributed by atoms with Gasteiger partial charge in [-0.25, -0.2) is 0 Å². The second-order valence-corrected chi connectivity index (χ2v) is 5.25. The zero-order valence-corrected chi connectivity index (χ0v) is 11.6. The Morgan fingerprint density at radius 1 is 1.45 bits per heavy atom. The molecule has 5 heteroatoms. The monoisotopic (exact) mass is 276 g/mol. The minimum absolute atomic E-state index is 0.00578. The second kappa shape index (κ2) is 6.52. The molecule has 0 aliphatic carbocycles. The summed E-state index contributed by atoms with van der Waals surface area (Å²) in [6.07, 6.45) is 0.839. The number of aliphatic hydroxyl groups excluding tert-OH is 1. The van der Waals surface area contributed by atoms with Gasteiger partial charge in [-0.15, -0.1) is 0 Å². The van der Waals surface area contributed by atoms with Crippen molar-refractivity contribution < 1.29 is 14.7 Å². The molecule has 2 N–H and O–H groups in total. The van der Waals surface area contributed by atoms with Crippen LogP contribution < -0.4 is 5.32 Å². The average molecular weight is 276 g/mol. The number of amides is 2. The highest BCUT2D eigenvalue weighted by Crippen LogP contribution is 2.16. The van der Waals surface area contributed by atoms with Crippen LogP contribution in [0.2, 0.25) is 0 Å². The molecule has 0 radical (unpaired) electrons. The van der Waals surface area contributed by atoms with Crippen LogP contribution in [0.15, 0.2) is 30.3 Å². The maximum absolute atomic E-state index is 12.1. The second-order valence-electron chi connectivity index (χ2n) is 5.25. The fraction of sp³-hybridized carbons (Fsp3) is 0.467. The lowest BCUT2D eigenvalue weighted by atomic mass is 10.0. The number of hydrogen-bond acceptors (Lipinski definition) is 3. The highest BCUT2D eigenvalue weighted by molar-refractivity contribution is 5.89. The largest absolute Gasteiger partial charge is 0.394 e. The lowest BCUT2D eigenvalue weighted by Crippen LogP contribution is -2.42. The molecule has 0 aromatic heterocycles. The first-order chi connectivity index (χ1) is 9.60. The van der Waals surface area contributed by atoms with Gasteiger partial charge in [-0.05, 0) is 12.0 Å². The van der Waals surface area contributed by atoms with Crippen LogP contribution in [0.1, 0.15) is 12.0 Å². The summed E-state index contributed by atoms with van der Waals surface area (Å²) in [6, 6.07) is 9.39. The first-order valence-corrected chi connectivity index (χ1v) is 6.79. The Kier molecular flexibility index (Phi) is 4.74. The van der Waals surface area contributed by atoms with Gasteiger partial charge in [0.2, 0.25) is 11.8 Å². The zero-order valence-electron chi connectivity index (χ0n) is 11.6. The summed E-state index contributed by atoms with van der Waals surface area (Å²) in [4.78, 5) is 25.1. The van der Waals surface area contributed by atoms with Crippen LogP contribution in [-0.4, -0.2) is 48.1 Å². The predicted molar refractivity (Wildman–Crippen MR) is 74.9 cm³/mol. The molecule has 1 heterocycles. The van der Waals surface area contributed by atoms with E-state index in [0.717, 1.165) is 5.56 Å². The first kappa shape index (κ1) is 14.5. The third-order valence-corrected chi connectivity index (χ3v) is 3.60. The van der Waals surface area contributed by atoms with Crippen molar-refractivity contribution in [2.24, 2.45) is 5.92 Å². The number of rotatable bonds is 5. The first-order valence-electron chi connectivity index (χ1n) is 6.79. The van der Waals surface area contributed by atoms with Crippen LogP contribution in [-0.2, 0) is 16.0 Å². The highest BCUT2D eigenvalue weighted by Gasteiger charge is 2.32. The van der Waals surface area contributed by atoms with Crippen molar-refractivity contribution >= 4 is 11.8 Å². The Morgan fingerprint density at radius 3 is 2.70 bits per heavy atom. The third kappa shape index (κ3) is 3.57. The molecular formula is C15H20N2O3. The molecule has 20 heavy (non-hydrogen) atoms. The number of nitrogens with one attached hydrogen (secondary N) is 1. The molecule has 1 unspecified atom stereocenters. The summed E-state index contributed by atoms with van der Waals surface area (Å²) in [5.41, 5.74) is 1.06. The van der Waals surface area contributed by atoms with E-state index in [2.05, 4.69) is 5.32 Å². The van der Waals surface area contributed by atoms with E-state index in [4.69, 9.17) is 0 Å². The molecule has 1 fully saturated rings. The number of carbonyl (C=O) groups is 2. The van der Waals surface area contributed by atoms with Crippen LogP contribution in [0.4, 0.5) is 0 Å². The Labute approximate surface area is 118 Å². The Hall–Kier alpha value is -1.88. The van der Waals surface area contributed by atoms with Crippen molar-refractivity contribution in [2.75, 3.05) is 20.2 Å². The number of benzene rings is 1. The lowest BCUT2D eigenvalue weighted by molar-refractivity contribution is -0.128. The summed E-state index contributed by atoms with van der Waals surface area (Å²) in [5.74, 6) is -0.469. The van der Waals surface area contributed by atoms with E-state index in [1.807, 2.05) is 30.3 Å². The minimum atomic E-state index is -0.314. The lowest BCUT2D eigenvalue weighted by Gasteiger charge is -2.18. The number of aliphatic hydroxyl groups is 1. The fourth-order valence-electron chi connectivity index (χ4n) is 2.42. The summed E-state index contributed by atoms with van der Waals surface area (Å²) in [7, 11) is 1.70. The van der Waals surface area contributed by atoms with Crippen LogP contribution in [0.25, 0.3) is 0 Å². The molecule has 2 rings (SSSR count). The van der Waals surface area contributed by atoms with Crippen LogP contribution in [0.3, 0.4) is 0 Å². The molecule has 0 spiro atoms. The van der Waals surface area contributed by atoms with Crippen molar-refractivity contribution in [2.45, 2.75) is 18.9 Å².